The van der Waals surface area contributed by atoms with Gasteiger partial charge in [0.15, 0.2) is 11.6 Å². The number of nitrogens with zero attached hydrogens (tertiary/aromatic N) is 1. The van der Waals surface area contributed by atoms with Crippen LogP contribution in [0.2, 0.25) is 5.02 Å². The molecule has 0 bridgehead atoms. The van der Waals surface area contributed by atoms with Crippen molar-refractivity contribution in [3.05, 3.63) is 70.2 Å². The summed E-state index contributed by atoms with van der Waals surface area (Å²) in [6.07, 6.45) is 2.39. The summed E-state index contributed by atoms with van der Waals surface area (Å²) in [5, 5.41) is 4.00. The fraction of sp³-hybridized carbons (Fsp3) is 0.381. The van der Waals surface area contributed by atoms with Gasteiger partial charge in [-0.15, -0.1) is 0 Å². The van der Waals surface area contributed by atoms with Gasteiger partial charge in [-0.1, -0.05) is 35.9 Å². The van der Waals surface area contributed by atoms with Crippen LogP contribution in [0, 0.1) is 11.6 Å². The molecule has 2 aromatic rings. The smallest absolute Gasteiger partial charge is 0.219 e. The maximum absolute atomic E-state index is 14.0. The van der Waals surface area contributed by atoms with Crippen LogP contribution in [0.25, 0.3) is 0 Å². The van der Waals surface area contributed by atoms with Crippen LogP contribution in [0.3, 0.4) is 0 Å². The third-order valence-electron chi connectivity index (χ3n) is 5.10. The Bertz CT molecular complexity index is 815. The Labute approximate surface area is 163 Å². The quantitative estimate of drug-likeness (QED) is 0.821. The largest absolute Gasteiger partial charge is 0.338 e. The van der Waals surface area contributed by atoms with Gasteiger partial charge < -0.3 is 10.2 Å². The fourth-order valence-corrected chi connectivity index (χ4v) is 3.98. The molecule has 0 radical (unpaired) electrons. The van der Waals surface area contributed by atoms with Crippen LogP contribution in [0.4, 0.5) is 8.78 Å². The number of carbonyl (C=O) groups is 1. The van der Waals surface area contributed by atoms with Crippen LogP contribution < -0.4 is 5.32 Å². The molecule has 6 heteroatoms. The summed E-state index contributed by atoms with van der Waals surface area (Å²) in [4.78, 5) is 14.0. The predicted molar refractivity (Wildman–Crippen MR) is 103 cm³/mol. The molecule has 1 saturated heterocycles. The van der Waals surface area contributed by atoms with E-state index in [1.54, 1.807) is 13.0 Å². The highest BCUT2D eigenvalue weighted by molar-refractivity contribution is 6.30. The van der Waals surface area contributed by atoms with E-state index in [2.05, 4.69) is 5.32 Å². The Morgan fingerprint density at radius 1 is 1.26 bits per heavy atom. The molecule has 1 aliphatic rings. The van der Waals surface area contributed by atoms with E-state index in [4.69, 9.17) is 11.6 Å². The van der Waals surface area contributed by atoms with Gasteiger partial charge in [0.25, 0.3) is 0 Å². The molecule has 27 heavy (non-hydrogen) atoms. The Balaban J connectivity index is 1.78. The molecule has 0 spiro atoms. The first-order valence-corrected chi connectivity index (χ1v) is 9.51. The van der Waals surface area contributed by atoms with Crippen molar-refractivity contribution in [1.82, 2.24) is 10.2 Å². The third-order valence-corrected chi connectivity index (χ3v) is 5.34. The molecule has 1 heterocycles. The second kappa shape index (κ2) is 8.81. The number of benzene rings is 2. The van der Waals surface area contributed by atoms with Crippen LogP contribution >= 0.6 is 11.6 Å². The van der Waals surface area contributed by atoms with Crippen molar-refractivity contribution >= 4 is 17.5 Å². The number of likely N-dealkylation sites (tertiary alicyclic amines) is 1. The van der Waals surface area contributed by atoms with Crippen molar-refractivity contribution in [2.24, 2.45) is 0 Å². The lowest BCUT2D eigenvalue weighted by atomic mass is 9.90. The van der Waals surface area contributed by atoms with Gasteiger partial charge in [-0.25, -0.2) is 8.78 Å². The number of piperidine rings is 1. The minimum atomic E-state index is -0.848. The van der Waals surface area contributed by atoms with Crippen molar-refractivity contribution in [1.29, 1.82) is 0 Å². The van der Waals surface area contributed by atoms with Crippen molar-refractivity contribution in [2.45, 2.75) is 44.8 Å². The van der Waals surface area contributed by atoms with Crippen LogP contribution in [-0.2, 0) is 17.8 Å². The Kier molecular flexibility index (Phi) is 6.45. The summed E-state index contributed by atoms with van der Waals surface area (Å²) >= 11 is 6.10. The van der Waals surface area contributed by atoms with Gasteiger partial charge in [0.05, 0.1) is 6.04 Å². The van der Waals surface area contributed by atoms with Crippen molar-refractivity contribution in [3.8, 4) is 0 Å². The summed E-state index contributed by atoms with van der Waals surface area (Å²) < 4.78 is 27.4. The van der Waals surface area contributed by atoms with E-state index in [-0.39, 0.29) is 30.1 Å². The van der Waals surface area contributed by atoms with Gasteiger partial charge >= 0.3 is 0 Å². The minimum Gasteiger partial charge on any atom is -0.338 e. The Hall–Kier alpha value is -1.98. The monoisotopic (exact) mass is 392 g/mol. The van der Waals surface area contributed by atoms with Gasteiger partial charge in [0.1, 0.15) is 0 Å². The summed E-state index contributed by atoms with van der Waals surface area (Å²) in [5.74, 6) is -1.65. The molecule has 1 fully saturated rings. The number of hydrogen-bond acceptors (Lipinski definition) is 2. The average molecular weight is 393 g/mol. The second-order valence-electron chi connectivity index (χ2n) is 6.96. The molecule has 1 aliphatic heterocycles. The highest BCUT2D eigenvalue weighted by Crippen LogP contribution is 2.24. The zero-order chi connectivity index (χ0) is 19.4. The lowest BCUT2D eigenvalue weighted by molar-refractivity contribution is -0.133. The second-order valence-corrected chi connectivity index (χ2v) is 7.39. The van der Waals surface area contributed by atoms with Gasteiger partial charge in [-0.05, 0) is 43.0 Å². The molecule has 0 aliphatic carbocycles. The van der Waals surface area contributed by atoms with Crippen LogP contribution in [-0.4, -0.2) is 29.4 Å². The fourth-order valence-electron chi connectivity index (χ4n) is 3.77. The number of hydrogen-bond donors (Lipinski definition) is 1. The molecule has 2 aromatic carbocycles. The molecule has 144 valence electrons. The number of nitrogens with one attached hydrogen (secondary N) is 1. The molecule has 1 amide bonds. The van der Waals surface area contributed by atoms with E-state index in [9.17, 15) is 13.6 Å². The zero-order valence-corrected chi connectivity index (χ0v) is 16.0. The highest BCUT2D eigenvalue weighted by Gasteiger charge is 2.32. The van der Waals surface area contributed by atoms with E-state index in [1.807, 2.05) is 29.2 Å². The third kappa shape index (κ3) is 4.85. The maximum Gasteiger partial charge on any atom is 0.219 e. The molecular formula is C21H23ClF2N2O. The van der Waals surface area contributed by atoms with E-state index >= 15 is 0 Å². The molecule has 3 rings (SSSR count). The first kappa shape index (κ1) is 19.8. The molecular weight excluding hydrogens is 370 g/mol. The van der Waals surface area contributed by atoms with E-state index in [1.165, 1.54) is 6.07 Å². The maximum atomic E-state index is 14.0. The predicted octanol–water partition coefficient (Wildman–Crippen LogP) is 4.33. The average Bonchev–Trinajstić information content (AvgIpc) is 2.63. The lowest BCUT2D eigenvalue weighted by Crippen LogP contribution is -2.56. The van der Waals surface area contributed by atoms with Crippen LogP contribution in [0.5, 0.6) is 0 Å². The van der Waals surface area contributed by atoms with E-state index in [0.717, 1.165) is 24.5 Å². The topological polar surface area (TPSA) is 32.3 Å². The first-order valence-electron chi connectivity index (χ1n) is 9.13. The normalized spacial score (nSPS) is 19.9. The summed E-state index contributed by atoms with van der Waals surface area (Å²) in [5.41, 5.74) is 1.33. The molecule has 0 aromatic heterocycles. The van der Waals surface area contributed by atoms with Crippen LogP contribution in [0.15, 0.2) is 42.5 Å². The molecule has 3 nitrogen and oxygen atoms in total. The Morgan fingerprint density at radius 2 is 2.04 bits per heavy atom. The SMILES string of the molecule is CC(=O)N1CCC[C@H](NCc2cccc(F)c2F)[C@@H]1Cc1cccc(Cl)c1. The summed E-state index contributed by atoms with van der Waals surface area (Å²) in [7, 11) is 0. The number of halogens is 3. The van der Waals surface area contributed by atoms with Gasteiger partial charge in [0.2, 0.25) is 5.91 Å². The van der Waals surface area contributed by atoms with Crippen molar-refractivity contribution in [2.75, 3.05) is 6.54 Å². The minimum absolute atomic E-state index is 0.00991. The van der Waals surface area contributed by atoms with Gasteiger partial charge in [-0.2, -0.15) is 0 Å². The highest BCUT2D eigenvalue weighted by atomic mass is 35.5. The number of carbonyl (C=O) groups excluding carboxylic acids is 1. The Morgan fingerprint density at radius 3 is 2.78 bits per heavy atom. The van der Waals surface area contributed by atoms with E-state index < -0.39 is 11.6 Å². The molecule has 1 N–H and O–H groups in total. The summed E-state index contributed by atoms with van der Waals surface area (Å²) in [6.45, 7) is 2.48. The zero-order valence-electron chi connectivity index (χ0n) is 15.2. The molecule has 0 saturated carbocycles. The standard InChI is InChI=1S/C21H23ClF2N2O/c1-14(27)26-10-4-9-19(20(26)12-15-5-2-7-17(22)11-15)25-13-16-6-3-8-18(23)21(16)24/h2-3,5-8,11,19-20,25H,4,9-10,12-13H2,1H3/t19-,20-/m0/s1. The first-order chi connectivity index (χ1) is 13.0. The van der Waals surface area contributed by atoms with Crippen molar-refractivity contribution < 1.29 is 13.6 Å². The van der Waals surface area contributed by atoms with E-state index in [0.29, 0.717) is 18.0 Å². The summed E-state index contributed by atoms with van der Waals surface area (Å²) in [6, 6.07) is 11.7. The lowest BCUT2D eigenvalue weighted by Gasteiger charge is -2.41. The van der Waals surface area contributed by atoms with Crippen LogP contribution in [0.1, 0.15) is 30.9 Å². The van der Waals surface area contributed by atoms with Gasteiger partial charge in [-0.3, -0.25) is 4.79 Å². The number of rotatable bonds is 5. The van der Waals surface area contributed by atoms with Crippen molar-refractivity contribution in [3.63, 3.8) is 0 Å². The van der Waals surface area contributed by atoms with Gasteiger partial charge in [0, 0.05) is 36.6 Å². The molecule has 0 unspecified atom stereocenters. The number of amides is 1. The molecule has 2 atom stereocenters.